The predicted octanol–water partition coefficient (Wildman–Crippen LogP) is 4.03. The first-order chi connectivity index (χ1) is 14.6. The molecule has 3 aromatic rings. The summed E-state index contributed by atoms with van der Waals surface area (Å²) in [7, 11) is 1.52. The Bertz CT molecular complexity index is 1040. The first-order valence-corrected chi connectivity index (χ1v) is 10.4. The van der Waals surface area contributed by atoms with E-state index in [2.05, 4.69) is 15.2 Å². The molecular formula is C23H26F2N4O. The molecule has 1 saturated heterocycles. The number of likely N-dealkylation sites (tertiary alicyclic amines) is 1. The molecule has 1 aliphatic rings. The molecule has 2 aromatic carbocycles. The fraction of sp³-hybridized carbons (Fsp3) is 0.391. The third-order valence-electron chi connectivity index (χ3n) is 5.73. The summed E-state index contributed by atoms with van der Waals surface area (Å²) in [6, 6.07) is 12.2. The Kier molecular flexibility index (Phi) is 6.08. The van der Waals surface area contributed by atoms with E-state index in [1.165, 1.54) is 13.1 Å². The summed E-state index contributed by atoms with van der Waals surface area (Å²) in [5.74, 6) is -0.247. The Morgan fingerprint density at radius 2 is 1.93 bits per heavy atom. The minimum Gasteiger partial charge on any atom is -0.355 e. The molecule has 0 spiro atoms. The molecule has 0 bridgehead atoms. The van der Waals surface area contributed by atoms with Crippen molar-refractivity contribution in [2.75, 3.05) is 26.7 Å². The van der Waals surface area contributed by atoms with Crippen LogP contribution in [0.1, 0.15) is 29.6 Å². The van der Waals surface area contributed by atoms with Crippen LogP contribution >= 0.6 is 0 Å². The summed E-state index contributed by atoms with van der Waals surface area (Å²) < 4.78 is 30.3. The maximum Gasteiger partial charge on any atom is 0.251 e. The van der Waals surface area contributed by atoms with Gasteiger partial charge in [-0.05, 0) is 56.1 Å². The van der Waals surface area contributed by atoms with Gasteiger partial charge in [0.2, 0.25) is 0 Å². The number of benzene rings is 2. The number of fused-ring (bicyclic) bond motifs is 1. The third kappa shape index (κ3) is 4.21. The fourth-order valence-electron chi connectivity index (χ4n) is 4.07. The van der Waals surface area contributed by atoms with E-state index in [1.54, 1.807) is 12.1 Å². The van der Waals surface area contributed by atoms with Crippen LogP contribution in [0.5, 0.6) is 0 Å². The number of carbonyl (C=O) groups excluding carboxylic acids is 1. The van der Waals surface area contributed by atoms with Gasteiger partial charge in [0.15, 0.2) is 0 Å². The molecule has 1 amide bonds. The molecule has 0 radical (unpaired) electrons. The van der Waals surface area contributed by atoms with Gasteiger partial charge in [-0.3, -0.25) is 4.79 Å². The van der Waals surface area contributed by atoms with Crippen molar-refractivity contribution in [2.45, 2.75) is 32.0 Å². The molecule has 5 nitrogen and oxygen atoms in total. The number of rotatable bonds is 6. The molecule has 1 aliphatic heterocycles. The highest BCUT2D eigenvalue weighted by Crippen LogP contribution is 2.28. The second-order valence-electron chi connectivity index (χ2n) is 7.72. The Morgan fingerprint density at radius 3 is 2.67 bits per heavy atom. The molecule has 0 atom stereocenters. The van der Waals surface area contributed by atoms with Gasteiger partial charge >= 0.3 is 0 Å². The number of amides is 1. The minimum absolute atomic E-state index is 0.276. The lowest BCUT2D eigenvalue weighted by molar-refractivity contribution is 0.0962. The van der Waals surface area contributed by atoms with E-state index in [0.29, 0.717) is 30.8 Å². The Hall–Kier alpha value is -2.80. The summed E-state index contributed by atoms with van der Waals surface area (Å²) >= 11 is 0. The molecule has 30 heavy (non-hydrogen) atoms. The highest BCUT2D eigenvalue weighted by atomic mass is 19.1. The molecule has 1 N–H and O–H groups in total. The van der Waals surface area contributed by atoms with Gasteiger partial charge < -0.3 is 14.8 Å². The van der Waals surface area contributed by atoms with Gasteiger partial charge in [0, 0.05) is 32.2 Å². The highest BCUT2D eigenvalue weighted by molar-refractivity contribution is 5.94. The van der Waals surface area contributed by atoms with Crippen molar-refractivity contribution in [3.63, 3.8) is 0 Å². The van der Waals surface area contributed by atoms with Gasteiger partial charge in [0.1, 0.15) is 17.8 Å². The zero-order valence-electron chi connectivity index (χ0n) is 17.1. The van der Waals surface area contributed by atoms with E-state index in [1.807, 2.05) is 28.8 Å². The number of para-hydroxylation sites is 2. The number of carbonyl (C=O) groups is 1. The molecule has 1 aromatic heterocycles. The van der Waals surface area contributed by atoms with Crippen LogP contribution in [0.4, 0.5) is 8.78 Å². The average Bonchev–Trinajstić information content (AvgIpc) is 3.13. The van der Waals surface area contributed by atoms with Crippen LogP contribution in [0.15, 0.2) is 42.5 Å². The summed E-state index contributed by atoms with van der Waals surface area (Å²) in [5, 5.41) is 2.51. The lowest BCUT2D eigenvalue weighted by Gasteiger charge is -2.28. The number of nitrogens with one attached hydrogen (secondary N) is 1. The quantitative estimate of drug-likeness (QED) is 0.665. The predicted molar refractivity (Wildman–Crippen MR) is 114 cm³/mol. The Balaban J connectivity index is 1.60. The molecule has 1 fully saturated rings. The zero-order chi connectivity index (χ0) is 21.1. The molecule has 0 saturated carbocycles. The lowest BCUT2D eigenvalue weighted by atomic mass is 10.1. The Morgan fingerprint density at radius 1 is 1.17 bits per heavy atom. The number of halogens is 2. The van der Waals surface area contributed by atoms with Crippen molar-refractivity contribution in [1.29, 1.82) is 0 Å². The summed E-state index contributed by atoms with van der Waals surface area (Å²) in [6.07, 6.45) is 1.39. The zero-order valence-corrected chi connectivity index (χ0v) is 17.1. The van der Waals surface area contributed by atoms with Crippen molar-refractivity contribution in [3.8, 4) is 11.4 Å². The molecule has 2 heterocycles. The smallest absolute Gasteiger partial charge is 0.251 e. The van der Waals surface area contributed by atoms with Crippen LogP contribution < -0.4 is 5.32 Å². The number of imidazole rings is 1. The molecule has 7 heteroatoms. The van der Waals surface area contributed by atoms with Crippen LogP contribution in [0.2, 0.25) is 0 Å². The van der Waals surface area contributed by atoms with Gasteiger partial charge in [-0.2, -0.15) is 0 Å². The molecule has 158 valence electrons. The SMILES string of the molecule is CNC(=O)c1ccc(-c2nc3ccccc3n2CCCN2CCC(F)CC2)c(F)c1. The van der Waals surface area contributed by atoms with Crippen molar-refractivity contribution < 1.29 is 13.6 Å². The summed E-state index contributed by atoms with van der Waals surface area (Å²) in [6.45, 7) is 3.13. The largest absolute Gasteiger partial charge is 0.355 e. The van der Waals surface area contributed by atoms with Gasteiger partial charge in [0.05, 0.1) is 16.6 Å². The normalized spacial score (nSPS) is 15.6. The molecule has 0 aliphatic carbocycles. The number of hydrogen-bond donors (Lipinski definition) is 1. The average molecular weight is 412 g/mol. The topological polar surface area (TPSA) is 50.2 Å². The van der Waals surface area contributed by atoms with E-state index >= 15 is 0 Å². The number of hydrogen-bond acceptors (Lipinski definition) is 3. The fourth-order valence-corrected chi connectivity index (χ4v) is 4.07. The standard InChI is InChI=1S/C23H26F2N4O/c1-26-23(30)16-7-8-18(19(25)15-16)22-27-20-5-2-3-6-21(20)29(22)12-4-11-28-13-9-17(24)10-14-28/h2-3,5-8,15,17H,4,9-14H2,1H3,(H,26,30). The van der Waals surface area contributed by atoms with E-state index in [0.717, 1.165) is 37.1 Å². The van der Waals surface area contributed by atoms with Crippen LogP contribution in [0.3, 0.4) is 0 Å². The molecule has 4 rings (SSSR count). The van der Waals surface area contributed by atoms with E-state index in [4.69, 9.17) is 0 Å². The summed E-state index contributed by atoms with van der Waals surface area (Å²) in [5.41, 5.74) is 2.40. The lowest BCUT2D eigenvalue weighted by Crippen LogP contribution is -2.35. The van der Waals surface area contributed by atoms with E-state index in [9.17, 15) is 13.6 Å². The van der Waals surface area contributed by atoms with Crippen molar-refractivity contribution in [1.82, 2.24) is 19.8 Å². The van der Waals surface area contributed by atoms with Crippen LogP contribution in [-0.2, 0) is 6.54 Å². The molecular weight excluding hydrogens is 386 g/mol. The number of piperidine rings is 1. The molecule has 0 unspecified atom stereocenters. The second-order valence-corrected chi connectivity index (χ2v) is 7.72. The van der Waals surface area contributed by atoms with Gasteiger partial charge in [-0.1, -0.05) is 12.1 Å². The number of alkyl halides is 1. The van der Waals surface area contributed by atoms with Crippen LogP contribution in [-0.4, -0.2) is 53.2 Å². The number of nitrogens with zero attached hydrogens (tertiary/aromatic N) is 3. The number of aromatic nitrogens is 2. The highest BCUT2D eigenvalue weighted by Gasteiger charge is 2.20. The monoisotopic (exact) mass is 412 g/mol. The van der Waals surface area contributed by atoms with Gasteiger partial charge in [-0.25, -0.2) is 13.8 Å². The van der Waals surface area contributed by atoms with Crippen molar-refractivity contribution >= 4 is 16.9 Å². The first kappa shape index (κ1) is 20.5. The van der Waals surface area contributed by atoms with Crippen LogP contribution in [0.25, 0.3) is 22.4 Å². The maximum absolute atomic E-state index is 14.9. The van der Waals surface area contributed by atoms with Crippen molar-refractivity contribution in [3.05, 3.63) is 53.8 Å². The second kappa shape index (κ2) is 8.92. The number of aryl methyl sites for hydroxylation is 1. The third-order valence-corrected chi connectivity index (χ3v) is 5.73. The first-order valence-electron chi connectivity index (χ1n) is 10.4. The van der Waals surface area contributed by atoms with Crippen molar-refractivity contribution in [2.24, 2.45) is 0 Å². The summed E-state index contributed by atoms with van der Waals surface area (Å²) in [4.78, 5) is 18.8. The van der Waals surface area contributed by atoms with Gasteiger partial charge in [-0.15, -0.1) is 0 Å². The van der Waals surface area contributed by atoms with E-state index in [-0.39, 0.29) is 11.5 Å². The minimum atomic E-state index is -0.675. The van der Waals surface area contributed by atoms with Crippen LogP contribution in [0, 0.1) is 5.82 Å². The van der Waals surface area contributed by atoms with Gasteiger partial charge in [0.25, 0.3) is 5.91 Å². The Labute approximate surface area is 174 Å². The van der Waals surface area contributed by atoms with E-state index < -0.39 is 12.0 Å². The maximum atomic E-state index is 14.9.